The summed E-state index contributed by atoms with van der Waals surface area (Å²) in [6.45, 7) is 2.16. The lowest BCUT2D eigenvalue weighted by molar-refractivity contribution is 0.0973. The lowest BCUT2D eigenvalue weighted by Gasteiger charge is -2.11. The molecule has 0 bridgehead atoms. The molecule has 1 aromatic heterocycles. The fourth-order valence-corrected chi connectivity index (χ4v) is 2.52. The van der Waals surface area contributed by atoms with E-state index in [1.165, 1.54) is 6.07 Å². The fraction of sp³-hybridized carbons (Fsp3) is 0.111. The molecule has 0 saturated heterocycles. The van der Waals surface area contributed by atoms with E-state index in [1.54, 1.807) is 12.3 Å². The maximum absolute atomic E-state index is 12.5. The van der Waals surface area contributed by atoms with Crippen molar-refractivity contribution >= 4 is 16.7 Å². The Kier molecular flexibility index (Phi) is 3.40. The van der Waals surface area contributed by atoms with Gasteiger partial charge in [-0.3, -0.25) is 9.59 Å². The molecule has 3 nitrogen and oxygen atoms in total. The number of Topliss-reactive ketones (excluding diaryl/α,β-unsaturated/α-hetero) is 1. The largest absolute Gasteiger partial charge is 0.339 e. The third-order valence-corrected chi connectivity index (χ3v) is 3.64. The highest BCUT2D eigenvalue weighted by atomic mass is 16.1. The number of nitrogens with zero attached hydrogens (tertiary/aromatic N) is 1. The van der Waals surface area contributed by atoms with Crippen LogP contribution in [0.2, 0.25) is 0 Å². The summed E-state index contributed by atoms with van der Waals surface area (Å²) >= 11 is 0. The van der Waals surface area contributed by atoms with Gasteiger partial charge in [-0.2, -0.15) is 0 Å². The molecule has 1 heterocycles. The molecule has 0 fully saturated rings. The molecular formula is C18H15NO2. The summed E-state index contributed by atoms with van der Waals surface area (Å²) in [6, 6.07) is 16.4. The SMILES string of the molecule is Cc1ccccc1C(=O)Cn1ccc(=O)c2ccccc21. The zero-order chi connectivity index (χ0) is 14.8. The van der Waals surface area contributed by atoms with Crippen LogP contribution >= 0.6 is 0 Å². The van der Waals surface area contributed by atoms with Crippen LogP contribution in [0.25, 0.3) is 10.9 Å². The second-order valence-corrected chi connectivity index (χ2v) is 5.06. The molecule has 0 radical (unpaired) electrons. The van der Waals surface area contributed by atoms with Gasteiger partial charge in [0.15, 0.2) is 11.2 Å². The van der Waals surface area contributed by atoms with Crippen LogP contribution in [0.1, 0.15) is 15.9 Å². The Balaban J connectivity index is 2.03. The number of fused-ring (bicyclic) bond motifs is 1. The zero-order valence-electron chi connectivity index (χ0n) is 11.7. The predicted octanol–water partition coefficient (Wildman–Crippen LogP) is 3.19. The molecule has 104 valence electrons. The van der Waals surface area contributed by atoms with Gasteiger partial charge in [0.25, 0.3) is 0 Å². The zero-order valence-corrected chi connectivity index (χ0v) is 11.7. The van der Waals surface area contributed by atoms with E-state index in [0.29, 0.717) is 5.39 Å². The molecule has 0 atom stereocenters. The number of ketones is 1. The third kappa shape index (κ3) is 2.50. The highest BCUT2D eigenvalue weighted by Crippen LogP contribution is 2.13. The Hall–Kier alpha value is -2.68. The van der Waals surface area contributed by atoms with E-state index < -0.39 is 0 Å². The molecule has 2 aromatic carbocycles. The van der Waals surface area contributed by atoms with Crippen molar-refractivity contribution < 1.29 is 4.79 Å². The van der Waals surface area contributed by atoms with E-state index >= 15 is 0 Å². The van der Waals surface area contributed by atoms with Crippen LogP contribution in [0.5, 0.6) is 0 Å². The lowest BCUT2D eigenvalue weighted by atomic mass is 10.0. The lowest BCUT2D eigenvalue weighted by Crippen LogP contribution is -2.15. The minimum atomic E-state index is -0.0230. The molecule has 0 N–H and O–H groups in total. The van der Waals surface area contributed by atoms with Crippen molar-refractivity contribution in [2.75, 3.05) is 0 Å². The average molecular weight is 277 g/mol. The van der Waals surface area contributed by atoms with Gasteiger partial charge in [0, 0.05) is 23.2 Å². The Bertz CT molecular complexity index is 878. The molecule has 0 amide bonds. The number of pyridine rings is 1. The minimum absolute atomic E-state index is 0.0230. The first kappa shape index (κ1) is 13.3. The summed E-state index contributed by atoms with van der Waals surface area (Å²) < 4.78 is 1.82. The van der Waals surface area contributed by atoms with Gasteiger partial charge in [-0.05, 0) is 24.6 Å². The van der Waals surface area contributed by atoms with Crippen molar-refractivity contribution in [3.05, 3.63) is 82.1 Å². The number of hydrogen-bond acceptors (Lipinski definition) is 2. The van der Waals surface area contributed by atoms with Gasteiger partial charge in [-0.1, -0.05) is 36.4 Å². The molecule has 0 unspecified atom stereocenters. The number of benzene rings is 2. The van der Waals surface area contributed by atoms with Crippen molar-refractivity contribution in [2.24, 2.45) is 0 Å². The Morgan fingerprint density at radius 2 is 1.71 bits per heavy atom. The maximum atomic E-state index is 12.5. The molecule has 0 aliphatic heterocycles. The molecule has 3 heteroatoms. The average Bonchev–Trinajstić information content (AvgIpc) is 2.51. The van der Waals surface area contributed by atoms with E-state index in [9.17, 15) is 9.59 Å². The van der Waals surface area contributed by atoms with E-state index in [2.05, 4.69) is 0 Å². The van der Waals surface area contributed by atoms with Crippen molar-refractivity contribution in [3.63, 3.8) is 0 Å². The standard InChI is InChI=1S/C18H15NO2/c1-13-6-2-3-7-14(13)18(21)12-19-11-10-17(20)15-8-4-5-9-16(15)19/h2-11H,12H2,1H3. The van der Waals surface area contributed by atoms with Gasteiger partial charge in [-0.15, -0.1) is 0 Å². The molecule has 0 aliphatic carbocycles. The van der Waals surface area contributed by atoms with Gasteiger partial charge in [0.05, 0.1) is 12.1 Å². The fourth-order valence-electron chi connectivity index (χ4n) is 2.52. The summed E-state index contributed by atoms with van der Waals surface area (Å²) in [5.41, 5.74) is 2.45. The van der Waals surface area contributed by atoms with Crippen LogP contribution in [0, 0.1) is 6.92 Å². The van der Waals surface area contributed by atoms with Crippen molar-refractivity contribution in [1.82, 2.24) is 4.57 Å². The smallest absolute Gasteiger partial charge is 0.189 e. The first-order valence-electron chi connectivity index (χ1n) is 6.84. The van der Waals surface area contributed by atoms with Crippen LogP contribution in [0.4, 0.5) is 0 Å². The summed E-state index contributed by atoms with van der Waals surface area (Å²) in [7, 11) is 0. The molecule has 21 heavy (non-hydrogen) atoms. The van der Waals surface area contributed by atoms with Crippen molar-refractivity contribution in [3.8, 4) is 0 Å². The number of aryl methyl sites for hydroxylation is 1. The first-order chi connectivity index (χ1) is 10.2. The first-order valence-corrected chi connectivity index (χ1v) is 6.84. The van der Waals surface area contributed by atoms with E-state index in [1.807, 2.05) is 54.0 Å². The second kappa shape index (κ2) is 5.37. The molecular weight excluding hydrogens is 262 g/mol. The topological polar surface area (TPSA) is 39.1 Å². The maximum Gasteiger partial charge on any atom is 0.189 e. The summed E-state index contributed by atoms with van der Waals surface area (Å²) in [6.07, 6.45) is 1.68. The van der Waals surface area contributed by atoms with Gasteiger partial charge < -0.3 is 4.57 Å². The number of hydrogen-bond donors (Lipinski definition) is 0. The minimum Gasteiger partial charge on any atom is -0.339 e. The van der Waals surface area contributed by atoms with Crippen LogP contribution in [-0.4, -0.2) is 10.4 Å². The normalized spacial score (nSPS) is 10.7. The van der Waals surface area contributed by atoms with Gasteiger partial charge in [-0.25, -0.2) is 0 Å². The number of carbonyl (C=O) groups is 1. The number of carbonyl (C=O) groups excluding carboxylic acids is 1. The number of aromatic nitrogens is 1. The van der Waals surface area contributed by atoms with Crippen LogP contribution in [0.3, 0.4) is 0 Å². The summed E-state index contributed by atoms with van der Waals surface area (Å²) in [5.74, 6) is 0.0434. The summed E-state index contributed by atoms with van der Waals surface area (Å²) in [4.78, 5) is 24.3. The van der Waals surface area contributed by atoms with Gasteiger partial charge >= 0.3 is 0 Å². The number of para-hydroxylation sites is 1. The Morgan fingerprint density at radius 1 is 1.00 bits per heavy atom. The monoisotopic (exact) mass is 277 g/mol. The number of rotatable bonds is 3. The quantitative estimate of drug-likeness (QED) is 0.690. The molecule has 3 rings (SSSR count). The molecule has 0 spiro atoms. The van der Waals surface area contributed by atoms with Crippen LogP contribution < -0.4 is 5.43 Å². The van der Waals surface area contributed by atoms with E-state index in [4.69, 9.17) is 0 Å². The Labute approximate surface area is 122 Å². The molecule has 3 aromatic rings. The molecule has 0 saturated carbocycles. The highest BCUT2D eigenvalue weighted by Gasteiger charge is 2.10. The van der Waals surface area contributed by atoms with Crippen molar-refractivity contribution in [2.45, 2.75) is 13.5 Å². The second-order valence-electron chi connectivity index (χ2n) is 5.06. The summed E-state index contributed by atoms with van der Waals surface area (Å²) in [5, 5.41) is 0.637. The molecule has 0 aliphatic rings. The third-order valence-electron chi connectivity index (χ3n) is 3.64. The van der Waals surface area contributed by atoms with E-state index in [0.717, 1.165) is 16.6 Å². The van der Waals surface area contributed by atoms with Crippen LogP contribution in [0.15, 0.2) is 65.6 Å². The van der Waals surface area contributed by atoms with Gasteiger partial charge in [0.1, 0.15) is 0 Å². The highest BCUT2D eigenvalue weighted by molar-refractivity contribution is 5.98. The van der Waals surface area contributed by atoms with Crippen molar-refractivity contribution in [1.29, 1.82) is 0 Å². The van der Waals surface area contributed by atoms with E-state index in [-0.39, 0.29) is 17.8 Å². The predicted molar refractivity (Wildman–Crippen MR) is 83.7 cm³/mol. The Morgan fingerprint density at radius 3 is 2.52 bits per heavy atom. The van der Waals surface area contributed by atoms with Crippen LogP contribution in [-0.2, 0) is 6.54 Å². The van der Waals surface area contributed by atoms with Gasteiger partial charge in [0.2, 0.25) is 0 Å².